The Balaban J connectivity index is 1.86. The number of rotatable bonds is 8. The van der Waals surface area contributed by atoms with E-state index in [0.29, 0.717) is 31.9 Å². The van der Waals surface area contributed by atoms with Crippen molar-refractivity contribution >= 4 is 23.5 Å². The fourth-order valence-corrected chi connectivity index (χ4v) is 2.90. The monoisotopic (exact) mass is 373 g/mol. The van der Waals surface area contributed by atoms with E-state index in [1.165, 1.54) is 0 Å². The summed E-state index contributed by atoms with van der Waals surface area (Å²) >= 11 is 0. The Kier molecular flexibility index (Phi) is 8.10. The molecule has 1 fully saturated rings. The molecule has 1 heterocycles. The van der Waals surface area contributed by atoms with Gasteiger partial charge in [-0.15, -0.1) is 0 Å². The lowest BCUT2D eigenvalue weighted by Crippen LogP contribution is -2.40. The summed E-state index contributed by atoms with van der Waals surface area (Å²) in [7, 11) is 0. The Morgan fingerprint density at radius 1 is 1.22 bits per heavy atom. The fraction of sp³-hybridized carbons (Fsp3) is 0.550. The number of amides is 2. The highest BCUT2D eigenvalue weighted by atomic mass is 16.2. The minimum atomic E-state index is 0.0281. The number of carbonyl (C=O) groups excluding carboxylic acids is 2. The molecule has 0 aliphatic carbocycles. The van der Waals surface area contributed by atoms with Gasteiger partial charge in [0.25, 0.3) is 0 Å². The average Bonchev–Trinajstić information content (AvgIpc) is 3.05. The van der Waals surface area contributed by atoms with Gasteiger partial charge in [-0.3, -0.25) is 9.59 Å². The SMILES string of the molecule is CCNC(=NCc1ccc(N2CCCC2=O)cc1)NCCC(=O)NC(C)C. The maximum atomic E-state index is 11.8. The van der Waals surface area contributed by atoms with Crippen LogP contribution < -0.4 is 20.9 Å². The molecule has 7 nitrogen and oxygen atoms in total. The molecular formula is C20H31N5O2. The molecule has 0 bridgehead atoms. The zero-order valence-electron chi connectivity index (χ0n) is 16.5. The highest BCUT2D eigenvalue weighted by Gasteiger charge is 2.21. The largest absolute Gasteiger partial charge is 0.357 e. The minimum Gasteiger partial charge on any atom is -0.357 e. The maximum Gasteiger partial charge on any atom is 0.227 e. The molecule has 2 rings (SSSR count). The average molecular weight is 374 g/mol. The Labute approximate surface area is 161 Å². The fourth-order valence-electron chi connectivity index (χ4n) is 2.90. The molecule has 3 N–H and O–H groups in total. The van der Waals surface area contributed by atoms with Gasteiger partial charge >= 0.3 is 0 Å². The molecule has 7 heteroatoms. The van der Waals surface area contributed by atoms with Gasteiger partial charge in [0, 0.05) is 44.2 Å². The first kappa shape index (κ1) is 20.7. The third-order valence-electron chi connectivity index (χ3n) is 4.18. The predicted octanol–water partition coefficient (Wildman–Crippen LogP) is 1.78. The lowest BCUT2D eigenvalue weighted by molar-refractivity contribution is -0.121. The van der Waals surface area contributed by atoms with E-state index in [0.717, 1.165) is 30.8 Å². The molecule has 1 aromatic rings. The predicted molar refractivity (Wildman–Crippen MR) is 109 cm³/mol. The number of hydrogen-bond donors (Lipinski definition) is 3. The summed E-state index contributed by atoms with van der Waals surface area (Å²) in [6.45, 7) is 8.51. The second-order valence-corrected chi connectivity index (χ2v) is 6.91. The topological polar surface area (TPSA) is 85.8 Å². The van der Waals surface area contributed by atoms with Gasteiger partial charge in [0.1, 0.15) is 0 Å². The summed E-state index contributed by atoms with van der Waals surface area (Å²) in [6.07, 6.45) is 1.97. The molecular weight excluding hydrogens is 342 g/mol. The highest BCUT2D eigenvalue weighted by Crippen LogP contribution is 2.21. The van der Waals surface area contributed by atoms with Crippen molar-refractivity contribution < 1.29 is 9.59 Å². The van der Waals surface area contributed by atoms with Gasteiger partial charge < -0.3 is 20.9 Å². The number of benzene rings is 1. The van der Waals surface area contributed by atoms with Gasteiger partial charge in [-0.1, -0.05) is 12.1 Å². The normalized spacial score (nSPS) is 14.6. The summed E-state index contributed by atoms with van der Waals surface area (Å²) in [4.78, 5) is 29.9. The second-order valence-electron chi connectivity index (χ2n) is 6.91. The van der Waals surface area contributed by atoms with Crippen LogP contribution in [0, 0.1) is 0 Å². The first-order valence-electron chi connectivity index (χ1n) is 9.70. The summed E-state index contributed by atoms with van der Waals surface area (Å²) in [6, 6.07) is 8.11. The zero-order valence-corrected chi connectivity index (χ0v) is 16.5. The van der Waals surface area contributed by atoms with Crippen LogP contribution in [0.5, 0.6) is 0 Å². The third-order valence-corrected chi connectivity index (χ3v) is 4.18. The first-order chi connectivity index (χ1) is 13.0. The molecule has 0 aromatic heterocycles. The van der Waals surface area contributed by atoms with Crippen molar-refractivity contribution in [3.8, 4) is 0 Å². The number of anilines is 1. The van der Waals surface area contributed by atoms with E-state index in [1.807, 2.05) is 49.9 Å². The molecule has 1 aliphatic heterocycles. The number of carbonyl (C=O) groups is 2. The molecule has 1 saturated heterocycles. The van der Waals surface area contributed by atoms with Crippen LogP contribution in [0.1, 0.15) is 45.6 Å². The Hall–Kier alpha value is -2.57. The van der Waals surface area contributed by atoms with Crippen molar-refractivity contribution in [1.82, 2.24) is 16.0 Å². The van der Waals surface area contributed by atoms with E-state index in [9.17, 15) is 9.59 Å². The molecule has 148 valence electrons. The Morgan fingerprint density at radius 2 is 1.96 bits per heavy atom. The number of hydrogen-bond acceptors (Lipinski definition) is 3. The molecule has 1 aromatic carbocycles. The maximum absolute atomic E-state index is 11.8. The summed E-state index contributed by atoms with van der Waals surface area (Å²) < 4.78 is 0. The van der Waals surface area contributed by atoms with Crippen LogP contribution in [0.2, 0.25) is 0 Å². The van der Waals surface area contributed by atoms with E-state index in [-0.39, 0.29) is 17.9 Å². The van der Waals surface area contributed by atoms with E-state index in [1.54, 1.807) is 0 Å². The van der Waals surface area contributed by atoms with Gasteiger partial charge in [-0.25, -0.2) is 4.99 Å². The summed E-state index contributed by atoms with van der Waals surface area (Å²) in [5, 5.41) is 9.24. The van der Waals surface area contributed by atoms with Gasteiger partial charge in [0.15, 0.2) is 5.96 Å². The van der Waals surface area contributed by atoms with Crippen LogP contribution in [0.3, 0.4) is 0 Å². The molecule has 0 saturated carbocycles. The van der Waals surface area contributed by atoms with Crippen LogP contribution >= 0.6 is 0 Å². The zero-order chi connectivity index (χ0) is 19.6. The highest BCUT2D eigenvalue weighted by molar-refractivity contribution is 5.95. The third kappa shape index (κ3) is 6.92. The second kappa shape index (κ2) is 10.5. The molecule has 2 amide bonds. The first-order valence-corrected chi connectivity index (χ1v) is 9.70. The summed E-state index contributed by atoms with van der Waals surface area (Å²) in [5.74, 6) is 0.912. The lowest BCUT2D eigenvalue weighted by atomic mass is 10.2. The number of nitrogens with zero attached hydrogens (tertiary/aromatic N) is 2. The number of aliphatic imine (C=N–C) groups is 1. The van der Waals surface area contributed by atoms with Crippen LogP contribution in [0.15, 0.2) is 29.3 Å². The minimum absolute atomic E-state index is 0.0281. The molecule has 0 radical (unpaired) electrons. The van der Waals surface area contributed by atoms with Crippen LogP contribution in [0.25, 0.3) is 0 Å². The molecule has 0 spiro atoms. The quantitative estimate of drug-likeness (QED) is 0.479. The van der Waals surface area contributed by atoms with Crippen LogP contribution in [-0.4, -0.2) is 43.5 Å². The van der Waals surface area contributed by atoms with Gasteiger partial charge in [0.2, 0.25) is 11.8 Å². The van der Waals surface area contributed by atoms with Crippen molar-refractivity contribution in [2.45, 2.75) is 52.6 Å². The Morgan fingerprint density at radius 3 is 2.56 bits per heavy atom. The van der Waals surface area contributed by atoms with Gasteiger partial charge in [-0.05, 0) is 44.9 Å². The molecule has 1 aliphatic rings. The molecule has 0 unspecified atom stereocenters. The van der Waals surface area contributed by atoms with Crippen LogP contribution in [0.4, 0.5) is 5.69 Å². The van der Waals surface area contributed by atoms with Crippen molar-refractivity contribution in [2.24, 2.45) is 4.99 Å². The van der Waals surface area contributed by atoms with E-state index in [2.05, 4.69) is 20.9 Å². The Bertz CT molecular complexity index is 655. The summed E-state index contributed by atoms with van der Waals surface area (Å²) in [5.41, 5.74) is 2.02. The van der Waals surface area contributed by atoms with Crippen molar-refractivity contribution in [1.29, 1.82) is 0 Å². The van der Waals surface area contributed by atoms with Crippen molar-refractivity contribution in [3.63, 3.8) is 0 Å². The van der Waals surface area contributed by atoms with E-state index < -0.39 is 0 Å². The lowest BCUT2D eigenvalue weighted by Gasteiger charge is -2.16. The van der Waals surface area contributed by atoms with Gasteiger partial charge in [0.05, 0.1) is 6.54 Å². The number of nitrogens with one attached hydrogen (secondary N) is 3. The van der Waals surface area contributed by atoms with Crippen molar-refractivity contribution in [3.05, 3.63) is 29.8 Å². The smallest absolute Gasteiger partial charge is 0.227 e. The molecule has 27 heavy (non-hydrogen) atoms. The number of guanidine groups is 1. The van der Waals surface area contributed by atoms with Gasteiger partial charge in [-0.2, -0.15) is 0 Å². The van der Waals surface area contributed by atoms with E-state index in [4.69, 9.17) is 0 Å². The van der Waals surface area contributed by atoms with Crippen LogP contribution in [-0.2, 0) is 16.1 Å². The molecule has 0 atom stereocenters. The van der Waals surface area contributed by atoms with Crippen molar-refractivity contribution in [2.75, 3.05) is 24.5 Å². The standard InChI is InChI=1S/C20H31N5O2/c1-4-21-20(22-12-11-18(26)24-15(2)3)23-14-16-7-9-17(10-8-16)25-13-5-6-19(25)27/h7-10,15H,4-6,11-14H2,1-3H3,(H,24,26)(H2,21,22,23). The van der Waals surface area contributed by atoms with E-state index >= 15 is 0 Å².